The molecule has 1 aliphatic heterocycles. The van der Waals surface area contributed by atoms with E-state index in [1.54, 1.807) is 0 Å². The van der Waals surface area contributed by atoms with Crippen LogP contribution in [0, 0.1) is 5.92 Å². The molecule has 1 amide bonds. The quantitative estimate of drug-likeness (QED) is 0.885. The van der Waals surface area contributed by atoms with Crippen LogP contribution >= 0.6 is 11.6 Å². The van der Waals surface area contributed by atoms with Crippen LogP contribution in [0.1, 0.15) is 37.7 Å². The van der Waals surface area contributed by atoms with Crippen molar-refractivity contribution in [3.63, 3.8) is 0 Å². The molecule has 1 aliphatic carbocycles. The number of ether oxygens (including phenoxy) is 2. The second-order valence-electron chi connectivity index (χ2n) is 6.29. The van der Waals surface area contributed by atoms with Crippen molar-refractivity contribution < 1.29 is 14.3 Å². The number of amides is 1. The van der Waals surface area contributed by atoms with E-state index in [1.165, 1.54) is 0 Å². The molecule has 0 saturated heterocycles. The molecule has 1 heterocycles. The van der Waals surface area contributed by atoms with E-state index < -0.39 is 0 Å². The summed E-state index contributed by atoms with van der Waals surface area (Å²) in [7, 11) is 0. The van der Waals surface area contributed by atoms with Crippen LogP contribution in [0.3, 0.4) is 0 Å². The Morgan fingerprint density at radius 1 is 1.26 bits per heavy atom. The maximum atomic E-state index is 12.1. The predicted molar refractivity (Wildman–Crippen MR) is 88.8 cm³/mol. The van der Waals surface area contributed by atoms with Gasteiger partial charge >= 0.3 is 0 Å². The zero-order valence-electron chi connectivity index (χ0n) is 13.1. The van der Waals surface area contributed by atoms with Gasteiger partial charge in [0.15, 0.2) is 11.5 Å². The number of halogens is 1. The third-order valence-corrected chi connectivity index (χ3v) is 4.80. The van der Waals surface area contributed by atoms with Crippen LogP contribution in [0.2, 0.25) is 5.02 Å². The van der Waals surface area contributed by atoms with Gasteiger partial charge in [0.1, 0.15) is 0 Å². The van der Waals surface area contributed by atoms with E-state index in [0.29, 0.717) is 48.6 Å². The fourth-order valence-corrected chi connectivity index (χ4v) is 3.50. The minimum Gasteiger partial charge on any atom is -0.489 e. The number of hydrogen-bond acceptors (Lipinski definition) is 4. The summed E-state index contributed by atoms with van der Waals surface area (Å²) < 4.78 is 11.3. The van der Waals surface area contributed by atoms with Gasteiger partial charge < -0.3 is 20.5 Å². The summed E-state index contributed by atoms with van der Waals surface area (Å²) in [5.74, 6) is 1.59. The first-order chi connectivity index (χ1) is 11.1. The molecular weight excluding hydrogens is 316 g/mol. The Balaban J connectivity index is 1.58. The van der Waals surface area contributed by atoms with Crippen molar-refractivity contribution in [3.05, 3.63) is 22.7 Å². The summed E-state index contributed by atoms with van der Waals surface area (Å²) in [6.07, 6.45) is 4.52. The summed E-state index contributed by atoms with van der Waals surface area (Å²) in [4.78, 5) is 12.1. The van der Waals surface area contributed by atoms with Crippen LogP contribution in [0.25, 0.3) is 0 Å². The molecule has 23 heavy (non-hydrogen) atoms. The molecule has 0 aromatic heterocycles. The van der Waals surface area contributed by atoms with Gasteiger partial charge in [0.2, 0.25) is 5.91 Å². The third-order valence-electron chi connectivity index (χ3n) is 4.52. The van der Waals surface area contributed by atoms with Gasteiger partial charge in [0.25, 0.3) is 0 Å². The highest BCUT2D eigenvalue weighted by atomic mass is 35.5. The highest BCUT2D eigenvalue weighted by Gasteiger charge is 2.26. The molecule has 126 valence electrons. The van der Waals surface area contributed by atoms with Crippen LogP contribution in [0.5, 0.6) is 11.5 Å². The Hall–Kier alpha value is -1.46. The molecule has 1 aromatic carbocycles. The molecule has 0 radical (unpaired) electrons. The van der Waals surface area contributed by atoms with Gasteiger partial charge in [-0.05, 0) is 36.5 Å². The highest BCUT2D eigenvalue weighted by molar-refractivity contribution is 6.32. The maximum absolute atomic E-state index is 12.1. The van der Waals surface area contributed by atoms with Gasteiger partial charge in [-0.15, -0.1) is 0 Å². The lowest BCUT2D eigenvalue weighted by atomic mass is 10.00. The number of benzene rings is 1. The van der Waals surface area contributed by atoms with Gasteiger partial charge in [0, 0.05) is 25.4 Å². The Kier molecular flexibility index (Phi) is 5.28. The first-order valence-corrected chi connectivity index (χ1v) is 8.61. The zero-order valence-corrected chi connectivity index (χ0v) is 13.9. The van der Waals surface area contributed by atoms with Crippen molar-refractivity contribution in [2.45, 2.75) is 44.7 Å². The first kappa shape index (κ1) is 16.4. The monoisotopic (exact) mass is 338 g/mol. The van der Waals surface area contributed by atoms with Gasteiger partial charge in [-0.1, -0.05) is 18.0 Å². The number of rotatable bonds is 4. The van der Waals surface area contributed by atoms with Gasteiger partial charge in [-0.25, -0.2) is 0 Å². The number of nitrogens with two attached hydrogens (primary N) is 1. The lowest BCUT2D eigenvalue weighted by Crippen LogP contribution is -2.31. The van der Waals surface area contributed by atoms with Crippen molar-refractivity contribution in [3.8, 4) is 11.5 Å². The Bertz CT molecular complexity index is 579. The number of carbonyl (C=O) groups excluding carboxylic acids is 1. The molecule has 5 nitrogen and oxygen atoms in total. The SMILES string of the molecule is N[C@@H]1CCC[C@H]1CC(=O)NCc1cc(Cl)c2c(c1)OCCCO2. The van der Waals surface area contributed by atoms with Gasteiger partial charge in [0.05, 0.1) is 18.2 Å². The van der Waals surface area contributed by atoms with Crippen LogP contribution in [0.15, 0.2) is 12.1 Å². The van der Waals surface area contributed by atoms with Crippen LogP contribution < -0.4 is 20.5 Å². The smallest absolute Gasteiger partial charge is 0.220 e. The summed E-state index contributed by atoms with van der Waals surface area (Å²) in [5.41, 5.74) is 6.92. The number of carbonyl (C=O) groups is 1. The zero-order chi connectivity index (χ0) is 16.2. The molecule has 1 aromatic rings. The lowest BCUT2D eigenvalue weighted by molar-refractivity contribution is -0.122. The minimum atomic E-state index is 0.0376. The van der Waals surface area contributed by atoms with Gasteiger partial charge in [-0.3, -0.25) is 4.79 Å². The Labute approximate surface area is 141 Å². The molecule has 0 bridgehead atoms. The number of fused-ring (bicyclic) bond motifs is 1. The highest BCUT2D eigenvalue weighted by Crippen LogP contribution is 2.38. The van der Waals surface area contributed by atoms with Crippen molar-refractivity contribution in [1.82, 2.24) is 5.32 Å². The third kappa shape index (κ3) is 4.09. The molecule has 2 aliphatic rings. The van der Waals surface area contributed by atoms with E-state index in [0.717, 1.165) is 31.2 Å². The topological polar surface area (TPSA) is 73.6 Å². The minimum absolute atomic E-state index is 0.0376. The molecule has 1 fully saturated rings. The van der Waals surface area contributed by atoms with Gasteiger partial charge in [-0.2, -0.15) is 0 Å². The molecule has 0 unspecified atom stereocenters. The van der Waals surface area contributed by atoms with E-state index in [2.05, 4.69) is 5.32 Å². The fourth-order valence-electron chi connectivity index (χ4n) is 3.22. The van der Waals surface area contributed by atoms with Crippen molar-refractivity contribution >= 4 is 17.5 Å². The number of hydrogen-bond donors (Lipinski definition) is 2. The summed E-state index contributed by atoms with van der Waals surface area (Å²) in [6, 6.07) is 3.86. The molecule has 3 N–H and O–H groups in total. The molecular formula is C17H23ClN2O3. The van der Waals surface area contributed by atoms with Crippen molar-refractivity contribution in [2.24, 2.45) is 11.7 Å². The van der Waals surface area contributed by atoms with E-state index in [4.69, 9.17) is 26.8 Å². The fraction of sp³-hybridized carbons (Fsp3) is 0.588. The summed E-state index contributed by atoms with van der Waals surface area (Å²) in [6.45, 7) is 1.64. The van der Waals surface area contributed by atoms with Crippen LogP contribution in [0.4, 0.5) is 0 Å². The predicted octanol–water partition coefficient (Wildman–Crippen LogP) is 2.64. The largest absolute Gasteiger partial charge is 0.489 e. The van der Waals surface area contributed by atoms with E-state index in [9.17, 15) is 4.79 Å². The first-order valence-electron chi connectivity index (χ1n) is 8.24. The Morgan fingerprint density at radius 3 is 2.87 bits per heavy atom. The average molecular weight is 339 g/mol. The van der Waals surface area contributed by atoms with E-state index >= 15 is 0 Å². The van der Waals surface area contributed by atoms with Crippen LogP contribution in [-0.2, 0) is 11.3 Å². The second kappa shape index (κ2) is 7.41. The lowest BCUT2D eigenvalue weighted by Gasteiger charge is -2.15. The normalized spacial score (nSPS) is 23.4. The maximum Gasteiger partial charge on any atom is 0.220 e. The molecule has 0 spiro atoms. The van der Waals surface area contributed by atoms with E-state index in [-0.39, 0.29) is 11.9 Å². The average Bonchev–Trinajstić information content (AvgIpc) is 2.78. The second-order valence-corrected chi connectivity index (χ2v) is 6.70. The molecule has 1 saturated carbocycles. The Morgan fingerprint density at radius 2 is 2.09 bits per heavy atom. The molecule has 3 rings (SSSR count). The standard InChI is InChI=1S/C17H23ClN2O3/c18-13-7-11(8-15-17(13)23-6-2-5-22-15)10-20-16(21)9-12-3-1-4-14(12)19/h7-8,12,14H,1-6,9-10,19H2,(H,20,21)/t12-,14+/m0/s1. The number of nitrogens with one attached hydrogen (secondary N) is 1. The van der Waals surface area contributed by atoms with Crippen LogP contribution in [-0.4, -0.2) is 25.2 Å². The van der Waals surface area contributed by atoms with E-state index in [1.807, 2.05) is 12.1 Å². The molecule has 2 atom stereocenters. The van der Waals surface area contributed by atoms with Crippen molar-refractivity contribution in [1.29, 1.82) is 0 Å². The summed E-state index contributed by atoms with van der Waals surface area (Å²) in [5, 5.41) is 3.47. The molecule has 6 heteroatoms. The summed E-state index contributed by atoms with van der Waals surface area (Å²) >= 11 is 6.26. The van der Waals surface area contributed by atoms with Crippen molar-refractivity contribution in [2.75, 3.05) is 13.2 Å².